The first-order chi connectivity index (χ1) is 10.1. The van der Waals surface area contributed by atoms with Crippen molar-refractivity contribution in [3.63, 3.8) is 0 Å². The van der Waals surface area contributed by atoms with Gasteiger partial charge in [0, 0.05) is 18.6 Å². The molecule has 0 spiro atoms. The lowest BCUT2D eigenvalue weighted by Gasteiger charge is -2.07. The van der Waals surface area contributed by atoms with Crippen LogP contribution in [0.15, 0.2) is 35.6 Å². The average Bonchev–Trinajstić information content (AvgIpc) is 2.84. The van der Waals surface area contributed by atoms with Gasteiger partial charge in [-0.25, -0.2) is 4.98 Å². The highest BCUT2D eigenvalue weighted by Crippen LogP contribution is 2.17. The van der Waals surface area contributed by atoms with Crippen molar-refractivity contribution in [2.45, 2.75) is 18.3 Å². The summed E-state index contributed by atoms with van der Waals surface area (Å²) in [6.07, 6.45) is 1.60. The number of aliphatic hydroxyl groups excluding tert-OH is 1. The summed E-state index contributed by atoms with van der Waals surface area (Å²) in [5, 5.41) is 13.2. The highest BCUT2D eigenvalue weighted by Gasteiger charge is 2.09. The van der Waals surface area contributed by atoms with Crippen LogP contribution >= 0.6 is 23.4 Å². The summed E-state index contributed by atoms with van der Waals surface area (Å²) >= 11 is 7.35. The van der Waals surface area contributed by atoms with Gasteiger partial charge in [-0.3, -0.25) is 4.79 Å². The van der Waals surface area contributed by atoms with Crippen molar-refractivity contribution in [3.05, 3.63) is 46.7 Å². The number of benzene rings is 1. The van der Waals surface area contributed by atoms with Crippen molar-refractivity contribution < 1.29 is 9.90 Å². The topological polar surface area (TPSA) is 67.1 Å². The Bertz CT molecular complexity index is 630. The molecule has 0 aliphatic carbocycles. The number of carbonyl (C=O) groups is 1. The molecule has 5 nitrogen and oxygen atoms in total. The Kier molecular flexibility index (Phi) is 5.67. The summed E-state index contributed by atoms with van der Waals surface area (Å²) < 4.78 is 1.77. The molecule has 1 aromatic carbocycles. The molecule has 0 saturated carbocycles. The number of nitrogens with zero attached hydrogens (tertiary/aromatic N) is 2. The van der Waals surface area contributed by atoms with E-state index in [9.17, 15) is 4.79 Å². The molecular weight excluding hydrogens is 310 g/mol. The van der Waals surface area contributed by atoms with Crippen LogP contribution in [-0.4, -0.2) is 26.3 Å². The van der Waals surface area contributed by atoms with Gasteiger partial charge in [-0.15, -0.1) is 0 Å². The molecule has 1 aromatic heterocycles. The van der Waals surface area contributed by atoms with E-state index in [2.05, 4.69) is 10.3 Å². The number of hydrogen-bond donors (Lipinski definition) is 2. The molecule has 0 aliphatic heterocycles. The first-order valence-electron chi connectivity index (χ1n) is 6.36. The SMILES string of the molecule is Cn1c(CO)cnc1SCC(=O)NCc1ccccc1Cl. The third-order valence-corrected chi connectivity index (χ3v) is 4.38. The Balaban J connectivity index is 1.82. The van der Waals surface area contributed by atoms with E-state index in [4.69, 9.17) is 16.7 Å². The number of halogens is 1. The van der Waals surface area contributed by atoms with Gasteiger partial charge in [-0.1, -0.05) is 41.6 Å². The molecular formula is C14H16ClN3O2S. The van der Waals surface area contributed by atoms with Crippen LogP contribution in [0.25, 0.3) is 0 Å². The van der Waals surface area contributed by atoms with Crippen molar-refractivity contribution >= 4 is 29.3 Å². The third-order valence-electron chi connectivity index (χ3n) is 2.97. The lowest BCUT2D eigenvalue weighted by molar-refractivity contribution is -0.118. The van der Waals surface area contributed by atoms with E-state index in [1.54, 1.807) is 16.8 Å². The fraction of sp³-hybridized carbons (Fsp3) is 0.286. The number of carbonyl (C=O) groups excluding carboxylic acids is 1. The predicted molar refractivity (Wildman–Crippen MR) is 83.2 cm³/mol. The minimum atomic E-state index is -0.0894. The maximum absolute atomic E-state index is 11.8. The van der Waals surface area contributed by atoms with Gasteiger partial charge in [0.1, 0.15) is 0 Å². The van der Waals surface area contributed by atoms with Gasteiger partial charge in [0.2, 0.25) is 5.91 Å². The number of thioether (sulfide) groups is 1. The van der Waals surface area contributed by atoms with Crippen LogP contribution in [0.1, 0.15) is 11.3 Å². The molecule has 2 rings (SSSR count). The second kappa shape index (κ2) is 7.49. The van der Waals surface area contributed by atoms with Crippen LogP contribution in [0.3, 0.4) is 0 Å². The number of aromatic nitrogens is 2. The van der Waals surface area contributed by atoms with Crippen LogP contribution in [0.2, 0.25) is 5.02 Å². The van der Waals surface area contributed by atoms with E-state index in [1.807, 2.05) is 25.2 Å². The van der Waals surface area contributed by atoms with Crippen molar-refractivity contribution in [1.29, 1.82) is 0 Å². The molecule has 0 aliphatic rings. The summed E-state index contributed by atoms with van der Waals surface area (Å²) in [5.41, 5.74) is 1.60. The van der Waals surface area contributed by atoms with Gasteiger partial charge >= 0.3 is 0 Å². The summed E-state index contributed by atoms with van der Waals surface area (Å²) in [7, 11) is 1.81. The Morgan fingerprint density at radius 1 is 1.48 bits per heavy atom. The van der Waals surface area contributed by atoms with E-state index in [0.29, 0.717) is 22.4 Å². The fourth-order valence-corrected chi connectivity index (χ4v) is 2.73. The molecule has 0 fully saturated rings. The van der Waals surface area contributed by atoms with Crippen molar-refractivity contribution in [2.75, 3.05) is 5.75 Å². The number of amides is 1. The molecule has 2 aromatic rings. The van der Waals surface area contributed by atoms with Crippen LogP contribution in [-0.2, 0) is 25.0 Å². The van der Waals surface area contributed by atoms with Crippen molar-refractivity contribution in [3.8, 4) is 0 Å². The molecule has 112 valence electrons. The van der Waals surface area contributed by atoms with Crippen LogP contribution in [0.5, 0.6) is 0 Å². The number of imidazole rings is 1. The van der Waals surface area contributed by atoms with Crippen LogP contribution < -0.4 is 5.32 Å². The van der Waals surface area contributed by atoms with E-state index in [-0.39, 0.29) is 18.3 Å². The molecule has 1 heterocycles. The van der Waals surface area contributed by atoms with Gasteiger partial charge in [0.05, 0.1) is 24.3 Å². The largest absolute Gasteiger partial charge is 0.390 e. The molecule has 0 unspecified atom stereocenters. The molecule has 21 heavy (non-hydrogen) atoms. The Morgan fingerprint density at radius 2 is 2.24 bits per heavy atom. The van der Waals surface area contributed by atoms with Gasteiger partial charge < -0.3 is 15.0 Å². The summed E-state index contributed by atoms with van der Waals surface area (Å²) in [6, 6.07) is 7.40. The van der Waals surface area contributed by atoms with Crippen LogP contribution in [0, 0.1) is 0 Å². The minimum absolute atomic E-state index is 0.0667. The third kappa shape index (κ3) is 4.23. The number of aliphatic hydroxyl groups is 1. The zero-order valence-electron chi connectivity index (χ0n) is 11.5. The molecule has 7 heteroatoms. The predicted octanol–water partition coefficient (Wildman–Crippen LogP) is 1.97. The quantitative estimate of drug-likeness (QED) is 0.797. The fourth-order valence-electron chi connectivity index (χ4n) is 1.72. The zero-order valence-corrected chi connectivity index (χ0v) is 13.1. The normalized spacial score (nSPS) is 10.6. The number of hydrogen-bond acceptors (Lipinski definition) is 4. The minimum Gasteiger partial charge on any atom is -0.390 e. The molecule has 1 amide bonds. The van der Waals surface area contributed by atoms with E-state index >= 15 is 0 Å². The standard InChI is InChI=1S/C14H16ClN3O2S/c1-18-11(8-19)7-17-14(18)21-9-13(20)16-6-10-4-2-3-5-12(10)15/h2-5,7,19H,6,8-9H2,1H3,(H,16,20). The molecule has 0 atom stereocenters. The lowest BCUT2D eigenvalue weighted by Crippen LogP contribution is -2.24. The van der Waals surface area contributed by atoms with Crippen molar-refractivity contribution in [2.24, 2.45) is 7.05 Å². The number of rotatable bonds is 6. The lowest BCUT2D eigenvalue weighted by atomic mass is 10.2. The van der Waals surface area contributed by atoms with Gasteiger partial charge in [0.25, 0.3) is 0 Å². The second-order valence-electron chi connectivity index (χ2n) is 4.41. The highest BCUT2D eigenvalue weighted by atomic mass is 35.5. The van der Waals surface area contributed by atoms with Crippen molar-refractivity contribution in [1.82, 2.24) is 14.9 Å². The van der Waals surface area contributed by atoms with Gasteiger partial charge in [-0.2, -0.15) is 0 Å². The number of nitrogens with one attached hydrogen (secondary N) is 1. The first kappa shape index (κ1) is 15.9. The summed E-state index contributed by atoms with van der Waals surface area (Å²) in [4.78, 5) is 16.0. The maximum atomic E-state index is 11.8. The van der Waals surface area contributed by atoms with Gasteiger partial charge in [-0.05, 0) is 11.6 Å². The summed E-state index contributed by atoms with van der Waals surface area (Å²) in [5.74, 6) is 0.175. The Labute approximate surface area is 132 Å². The van der Waals surface area contributed by atoms with E-state index in [1.165, 1.54) is 11.8 Å². The second-order valence-corrected chi connectivity index (χ2v) is 5.76. The van der Waals surface area contributed by atoms with Gasteiger partial charge in [0.15, 0.2) is 5.16 Å². The monoisotopic (exact) mass is 325 g/mol. The smallest absolute Gasteiger partial charge is 0.230 e. The zero-order chi connectivity index (χ0) is 15.2. The summed E-state index contributed by atoms with van der Waals surface area (Å²) in [6.45, 7) is 0.338. The molecule has 2 N–H and O–H groups in total. The molecule has 0 bridgehead atoms. The maximum Gasteiger partial charge on any atom is 0.230 e. The first-order valence-corrected chi connectivity index (χ1v) is 7.72. The average molecular weight is 326 g/mol. The molecule has 0 radical (unpaired) electrons. The van der Waals surface area contributed by atoms with E-state index < -0.39 is 0 Å². The Morgan fingerprint density at radius 3 is 2.90 bits per heavy atom. The highest BCUT2D eigenvalue weighted by molar-refractivity contribution is 7.99. The van der Waals surface area contributed by atoms with Crippen LogP contribution in [0.4, 0.5) is 0 Å². The Hall–Kier alpha value is -1.50. The van der Waals surface area contributed by atoms with E-state index in [0.717, 1.165) is 5.56 Å². The molecule has 0 saturated heterocycles.